The second-order valence-corrected chi connectivity index (χ2v) is 13.6. The average Bonchev–Trinajstić information content (AvgIpc) is 2.83. The molecule has 0 bridgehead atoms. The molecule has 3 nitrogen and oxygen atoms in total. The molecule has 220 valence electrons. The van der Waals surface area contributed by atoms with Crippen LogP contribution in [0.15, 0.2) is 35.1 Å². The van der Waals surface area contributed by atoms with Gasteiger partial charge < -0.3 is 9.84 Å². The summed E-state index contributed by atoms with van der Waals surface area (Å²) in [6.45, 7) is 15.5. The molecule has 1 rings (SSSR count). The third-order valence-corrected chi connectivity index (χ3v) is 7.80. The molecule has 0 saturated carbocycles. The fraction of sp³-hybridized carbons (Fsp3) is 0.800. The largest absolute Gasteiger partial charge is 0.508 e. The van der Waals surface area contributed by atoms with Crippen LogP contribution < -0.4 is 0 Å². The topological polar surface area (TPSA) is 46.5 Å². The van der Waals surface area contributed by atoms with Gasteiger partial charge in [0.1, 0.15) is 5.76 Å². The Morgan fingerprint density at radius 1 is 0.789 bits per heavy atom. The van der Waals surface area contributed by atoms with Gasteiger partial charge in [-0.15, -0.1) is 0 Å². The summed E-state index contributed by atoms with van der Waals surface area (Å²) in [5, 5.41) is 10.9. The number of aliphatic hydroxyl groups excluding tert-OH is 1. The highest BCUT2D eigenvalue weighted by molar-refractivity contribution is 5.82. The van der Waals surface area contributed by atoms with Crippen molar-refractivity contribution in [3.8, 4) is 0 Å². The first-order valence-electron chi connectivity index (χ1n) is 16.0. The van der Waals surface area contributed by atoms with Crippen molar-refractivity contribution in [1.82, 2.24) is 0 Å². The van der Waals surface area contributed by atoms with Gasteiger partial charge in [-0.2, -0.15) is 0 Å². The maximum atomic E-state index is 12.3. The standard InChI is InChI=1S/C35H62O3/c1-8-9-10-11-12-13-14-15-16-17-18-19-20-21-22-23-26-38-32(36)25-24-29-27-30(34(2,3)4)33(37)31(28-29)35(5,6)7/h24-25,27,29,37H,8-23,26,28H2,1-7H3. The van der Waals surface area contributed by atoms with Gasteiger partial charge in [0.25, 0.3) is 0 Å². The average molecular weight is 531 g/mol. The first-order valence-corrected chi connectivity index (χ1v) is 16.0. The maximum absolute atomic E-state index is 12.3. The van der Waals surface area contributed by atoms with Crippen molar-refractivity contribution in [2.45, 2.75) is 158 Å². The number of carbonyl (C=O) groups is 1. The molecule has 0 saturated heterocycles. The summed E-state index contributed by atoms with van der Waals surface area (Å²) in [6.07, 6.45) is 27.8. The Morgan fingerprint density at radius 3 is 1.66 bits per heavy atom. The Hall–Kier alpha value is -1.51. The smallest absolute Gasteiger partial charge is 0.330 e. The lowest BCUT2D eigenvalue weighted by Gasteiger charge is -2.35. The molecule has 1 unspecified atom stereocenters. The number of rotatable bonds is 19. The molecule has 0 radical (unpaired) electrons. The van der Waals surface area contributed by atoms with Gasteiger partial charge in [0.2, 0.25) is 0 Å². The molecule has 0 aromatic heterocycles. The van der Waals surface area contributed by atoms with E-state index in [0.717, 1.165) is 30.4 Å². The number of hydrogen-bond donors (Lipinski definition) is 1. The summed E-state index contributed by atoms with van der Waals surface area (Å²) >= 11 is 0. The number of carbonyl (C=O) groups excluding carboxylic acids is 1. The Balaban J connectivity index is 2.14. The fourth-order valence-corrected chi connectivity index (χ4v) is 5.31. The third kappa shape index (κ3) is 15.2. The monoisotopic (exact) mass is 530 g/mol. The van der Waals surface area contributed by atoms with E-state index in [9.17, 15) is 9.90 Å². The Kier molecular flexibility index (Phi) is 17.0. The molecular formula is C35H62O3. The maximum Gasteiger partial charge on any atom is 0.330 e. The van der Waals surface area contributed by atoms with Crippen LogP contribution in [-0.2, 0) is 9.53 Å². The minimum absolute atomic E-state index is 0.0949. The molecule has 0 heterocycles. The normalized spacial score (nSPS) is 16.8. The molecule has 1 aliphatic carbocycles. The molecule has 0 aliphatic heterocycles. The van der Waals surface area contributed by atoms with E-state index in [1.165, 1.54) is 89.9 Å². The predicted molar refractivity (Wildman–Crippen MR) is 164 cm³/mol. The van der Waals surface area contributed by atoms with Crippen molar-refractivity contribution in [3.63, 3.8) is 0 Å². The molecule has 0 fully saturated rings. The molecule has 1 aliphatic rings. The van der Waals surface area contributed by atoms with Gasteiger partial charge in [-0.25, -0.2) is 4.79 Å². The van der Waals surface area contributed by atoms with E-state index in [1.54, 1.807) is 6.08 Å². The molecular weight excluding hydrogens is 468 g/mol. The Labute approximate surface area is 236 Å². The molecule has 1 atom stereocenters. The number of aliphatic hydroxyl groups is 1. The van der Waals surface area contributed by atoms with Crippen molar-refractivity contribution in [3.05, 3.63) is 35.1 Å². The van der Waals surface area contributed by atoms with E-state index >= 15 is 0 Å². The summed E-state index contributed by atoms with van der Waals surface area (Å²) in [7, 11) is 0. The van der Waals surface area contributed by atoms with Crippen molar-refractivity contribution < 1.29 is 14.6 Å². The van der Waals surface area contributed by atoms with Gasteiger partial charge in [0, 0.05) is 6.08 Å². The zero-order valence-electron chi connectivity index (χ0n) is 26.3. The van der Waals surface area contributed by atoms with Gasteiger partial charge in [-0.05, 0) is 40.7 Å². The zero-order chi connectivity index (χ0) is 28.4. The second kappa shape index (κ2) is 18.7. The minimum atomic E-state index is -0.257. The van der Waals surface area contributed by atoms with Crippen molar-refractivity contribution in [2.24, 2.45) is 16.7 Å². The predicted octanol–water partition coefficient (Wildman–Crippen LogP) is 11.2. The number of esters is 1. The van der Waals surface area contributed by atoms with Crippen LogP contribution in [0.2, 0.25) is 0 Å². The highest BCUT2D eigenvalue weighted by Gasteiger charge is 2.33. The molecule has 0 spiro atoms. The van der Waals surface area contributed by atoms with Crippen molar-refractivity contribution >= 4 is 5.97 Å². The van der Waals surface area contributed by atoms with E-state index in [4.69, 9.17) is 4.74 Å². The van der Waals surface area contributed by atoms with Crippen LogP contribution in [0, 0.1) is 16.7 Å². The van der Waals surface area contributed by atoms with Crippen molar-refractivity contribution in [1.29, 1.82) is 0 Å². The summed E-state index contributed by atoms with van der Waals surface area (Å²) in [6, 6.07) is 0. The lowest BCUT2D eigenvalue weighted by atomic mass is 9.71. The van der Waals surface area contributed by atoms with E-state index in [2.05, 4.69) is 54.5 Å². The van der Waals surface area contributed by atoms with Gasteiger partial charge in [-0.3, -0.25) is 0 Å². The van der Waals surface area contributed by atoms with Crippen LogP contribution in [0.25, 0.3) is 0 Å². The molecule has 38 heavy (non-hydrogen) atoms. The summed E-state index contributed by atoms with van der Waals surface area (Å²) in [5.74, 6) is 0.269. The van der Waals surface area contributed by atoms with E-state index in [1.807, 2.05) is 6.08 Å². The molecule has 1 N–H and O–H groups in total. The van der Waals surface area contributed by atoms with E-state index in [-0.39, 0.29) is 22.7 Å². The number of hydrogen-bond acceptors (Lipinski definition) is 3. The number of ether oxygens (including phenoxy) is 1. The number of allylic oxidation sites excluding steroid dienone is 4. The van der Waals surface area contributed by atoms with Gasteiger partial charge in [-0.1, -0.05) is 157 Å². The molecule has 0 amide bonds. The summed E-state index contributed by atoms with van der Waals surface area (Å²) < 4.78 is 5.45. The van der Waals surface area contributed by atoms with Gasteiger partial charge in [0.05, 0.1) is 6.61 Å². The molecule has 3 heteroatoms. The molecule has 0 aromatic rings. The van der Waals surface area contributed by atoms with Crippen LogP contribution in [-0.4, -0.2) is 17.7 Å². The third-order valence-electron chi connectivity index (χ3n) is 7.80. The minimum Gasteiger partial charge on any atom is -0.508 e. The van der Waals surface area contributed by atoms with Crippen LogP contribution in [0.1, 0.15) is 158 Å². The number of unbranched alkanes of at least 4 members (excludes halogenated alkanes) is 15. The molecule has 0 aromatic carbocycles. The van der Waals surface area contributed by atoms with E-state index in [0.29, 0.717) is 12.4 Å². The van der Waals surface area contributed by atoms with E-state index < -0.39 is 0 Å². The van der Waals surface area contributed by atoms with Gasteiger partial charge in [0.15, 0.2) is 0 Å². The van der Waals surface area contributed by atoms with Gasteiger partial charge >= 0.3 is 5.97 Å². The van der Waals surface area contributed by atoms with Crippen molar-refractivity contribution in [2.75, 3.05) is 6.61 Å². The summed E-state index contributed by atoms with van der Waals surface area (Å²) in [4.78, 5) is 12.3. The lowest BCUT2D eigenvalue weighted by Crippen LogP contribution is -2.24. The second-order valence-electron chi connectivity index (χ2n) is 13.6. The Morgan fingerprint density at radius 2 is 1.24 bits per heavy atom. The highest BCUT2D eigenvalue weighted by atomic mass is 16.5. The quantitative estimate of drug-likeness (QED) is 0.103. The summed E-state index contributed by atoms with van der Waals surface area (Å²) in [5.41, 5.74) is 1.75. The fourth-order valence-electron chi connectivity index (χ4n) is 5.31. The van der Waals surface area contributed by atoms with Crippen LogP contribution in [0.5, 0.6) is 0 Å². The SMILES string of the molecule is CCCCCCCCCCCCCCCCCCOC(=O)C=CC1C=C(C(C)(C)C)C(O)=C(C(C)(C)C)C1. The highest BCUT2D eigenvalue weighted by Crippen LogP contribution is 2.44. The van der Waals surface area contributed by atoms with Crippen LogP contribution in [0.4, 0.5) is 0 Å². The lowest BCUT2D eigenvalue weighted by molar-refractivity contribution is -0.137. The zero-order valence-corrected chi connectivity index (χ0v) is 26.3. The van der Waals surface area contributed by atoms with Crippen LogP contribution in [0.3, 0.4) is 0 Å². The first kappa shape index (κ1) is 34.5. The Bertz CT molecular complexity index is 742. The first-order chi connectivity index (χ1) is 18.0. The van der Waals surface area contributed by atoms with Crippen LogP contribution >= 0.6 is 0 Å².